The van der Waals surface area contributed by atoms with Gasteiger partial charge in [-0.3, -0.25) is 0 Å². The van der Waals surface area contributed by atoms with Gasteiger partial charge in [-0.1, -0.05) is 57.9 Å². The van der Waals surface area contributed by atoms with Crippen molar-refractivity contribution >= 4 is 0 Å². The molecule has 0 aromatic heterocycles. The van der Waals surface area contributed by atoms with Crippen LogP contribution < -0.4 is 0 Å². The van der Waals surface area contributed by atoms with Crippen LogP contribution in [0.3, 0.4) is 0 Å². The fourth-order valence-electron chi connectivity index (χ4n) is 2.98. The first kappa shape index (κ1) is 22.5. The molecular formula is C19H36O6. The summed E-state index contributed by atoms with van der Waals surface area (Å²) in [6.07, 6.45) is 6.33. The molecule has 1 aliphatic heterocycles. The molecule has 0 aliphatic carbocycles. The molecule has 25 heavy (non-hydrogen) atoms. The van der Waals surface area contributed by atoms with Gasteiger partial charge in [0.25, 0.3) is 0 Å². The molecule has 1 aliphatic rings. The summed E-state index contributed by atoms with van der Waals surface area (Å²) in [6, 6.07) is 0. The lowest BCUT2D eigenvalue weighted by atomic mass is 9.99. The third-order valence-corrected chi connectivity index (χ3v) is 4.51. The first-order valence-electron chi connectivity index (χ1n) is 9.62. The minimum absolute atomic E-state index is 0.221. The van der Waals surface area contributed by atoms with E-state index >= 15 is 0 Å². The Bertz CT molecular complexity index is 338. The average molecular weight is 360 g/mol. The predicted octanol–water partition coefficient (Wildman–Crippen LogP) is 2.15. The Morgan fingerprint density at radius 2 is 1.60 bits per heavy atom. The number of hydrogen-bond acceptors (Lipinski definition) is 6. The van der Waals surface area contributed by atoms with Crippen molar-refractivity contribution in [3.63, 3.8) is 0 Å². The van der Waals surface area contributed by atoms with Crippen molar-refractivity contribution in [3.8, 4) is 0 Å². The number of ether oxygens (including phenoxy) is 3. The molecular weight excluding hydrogens is 324 g/mol. The number of unbranched alkanes of at least 4 members (excludes halogenated alkanes) is 7. The second-order valence-corrected chi connectivity index (χ2v) is 6.64. The van der Waals surface area contributed by atoms with Gasteiger partial charge in [0.2, 0.25) is 0 Å². The van der Waals surface area contributed by atoms with Crippen LogP contribution in [-0.4, -0.2) is 65.8 Å². The van der Waals surface area contributed by atoms with Crippen LogP contribution in [-0.2, 0) is 14.2 Å². The van der Waals surface area contributed by atoms with Crippen LogP contribution in [0.5, 0.6) is 0 Å². The van der Waals surface area contributed by atoms with E-state index in [0.717, 1.165) is 12.8 Å². The summed E-state index contributed by atoms with van der Waals surface area (Å²) in [5.41, 5.74) is 0. The zero-order valence-corrected chi connectivity index (χ0v) is 15.5. The maximum absolute atomic E-state index is 10.2. The minimum Gasteiger partial charge on any atom is -0.394 e. The van der Waals surface area contributed by atoms with Crippen molar-refractivity contribution in [2.75, 3.05) is 19.8 Å². The fraction of sp³-hybridized carbons (Fsp3) is 0.895. The van der Waals surface area contributed by atoms with E-state index in [9.17, 15) is 15.3 Å². The topological polar surface area (TPSA) is 88.4 Å². The highest BCUT2D eigenvalue weighted by atomic mass is 16.7. The third kappa shape index (κ3) is 8.15. The van der Waals surface area contributed by atoms with E-state index in [1.165, 1.54) is 38.5 Å². The number of aliphatic hydroxyl groups excluding tert-OH is 3. The molecule has 0 aromatic rings. The Morgan fingerprint density at radius 1 is 0.960 bits per heavy atom. The third-order valence-electron chi connectivity index (χ3n) is 4.51. The Balaban J connectivity index is 2.30. The molecule has 1 saturated heterocycles. The Morgan fingerprint density at radius 3 is 2.20 bits per heavy atom. The molecule has 0 aromatic carbocycles. The van der Waals surface area contributed by atoms with Crippen LogP contribution in [0.1, 0.15) is 58.3 Å². The standard InChI is InChI=1S/C19H36O6/c1-3-5-6-7-8-9-10-11-13-24-19-18(23-12-4-2)17(22)16(21)15(14-20)25-19/h4,15-22H,2-3,5-14H2,1H3/t15-,16-,17+,18-,19?/m1/s1. The van der Waals surface area contributed by atoms with E-state index in [0.29, 0.717) is 6.61 Å². The Hall–Kier alpha value is -0.500. The summed E-state index contributed by atoms with van der Waals surface area (Å²) < 4.78 is 16.8. The smallest absolute Gasteiger partial charge is 0.186 e. The first-order valence-corrected chi connectivity index (χ1v) is 9.62. The molecule has 148 valence electrons. The predicted molar refractivity (Wildman–Crippen MR) is 96.3 cm³/mol. The van der Waals surface area contributed by atoms with E-state index in [2.05, 4.69) is 13.5 Å². The van der Waals surface area contributed by atoms with Crippen LogP contribution in [0.25, 0.3) is 0 Å². The monoisotopic (exact) mass is 360 g/mol. The SMILES string of the molecule is C=CCO[C@H]1C(OCCCCCCCCCC)O[C@H](CO)[C@@H](O)[C@@H]1O. The highest BCUT2D eigenvalue weighted by Crippen LogP contribution is 2.24. The molecule has 5 atom stereocenters. The van der Waals surface area contributed by atoms with Gasteiger partial charge in [0.05, 0.1) is 13.2 Å². The molecule has 6 heteroatoms. The summed E-state index contributed by atoms with van der Waals surface area (Å²) in [6.45, 7) is 6.12. The van der Waals surface area contributed by atoms with Crippen LogP contribution in [0, 0.1) is 0 Å². The zero-order valence-electron chi connectivity index (χ0n) is 15.5. The largest absolute Gasteiger partial charge is 0.394 e. The summed E-state index contributed by atoms with van der Waals surface area (Å²) in [4.78, 5) is 0. The first-order chi connectivity index (χ1) is 12.2. The maximum atomic E-state index is 10.2. The summed E-state index contributed by atoms with van der Waals surface area (Å²) in [5.74, 6) is 0. The van der Waals surface area contributed by atoms with E-state index < -0.39 is 30.7 Å². The molecule has 0 saturated carbocycles. The van der Waals surface area contributed by atoms with Gasteiger partial charge >= 0.3 is 0 Å². The second kappa shape index (κ2) is 13.7. The molecule has 1 rings (SSSR count). The highest BCUT2D eigenvalue weighted by Gasteiger charge is 2.45. The molecule has 0 bridgehead atoms. The van der Waals surface area contributed by atoms with Crippen LogP contribution in [0.2, 0.25) is 0 Å². The van der Waals surface area contributed by atoms with Gasteiger partial charge in [0.15, 0.2) is 6.29 Å². The molecule has 3 N–H and O–H groups in total. The Labute approximate surface area is 151 Å². The lowest BCUT2D eigenvalue weighted by Gasteiger charge is -2.41. The van der Waals surface area contributed by atoms with E-state index in [4.69, 9.17) is 14.2 Å². The van der Waals surface area contributed by atoms with E-state index in [-0.39, 0.29) is 13.2 Å². The average Bonchev–Trinajstić information content (AvgIpc) is 2.62. The van der Waals surface area contributed by atoms with Crippen molar-refractivity contribution < 1.29 is 29.5 Å². The molecule has 0 amide bonds. The van der Waals surface area contributed by atoms with Crippen molar-refractivity contribution in [1.82, 2.24) is 0 Å². The normalized spacial score (nSPS) is 29.7. The van der Waals surface area contributed by atoms with Gasteiger partial charge in [-0.15, -0.1) is 6.58 Å². The van der Waals surface area contributed by atoms with Gasteiger partial charge in [-0.05, 0) is 6.42 Å². The van der Waals surface area contributed by atoms with Crippen LogP contribution >= 0.6 is 0 Å². The minimum atomic E-state index is -1.21. The van der Waals surface area contributed by atoms with Gasteiger partial charge in [0, 0.05) is 6.61 Å². The molecule has 1 unspecified atom stereocenters. The lowest BCUT2D eigenvalue weighted by molar-refractivity contribution is -0.308. The van der Waals surface area contributed by atoms with Gasteiger partial charge < -0.3 is 29.5 Å². The zero-order chi connectivity index (χ0) is 18.5. The highest BCUT2D eigenvalue weighted by molar-refractivity contribution is 4.90. The van der Waals surface area contributed by atoms with E-state index in [1.807, 2.05) is 0 Å². The van der Waals surface area contributed by atoms with Crippen LogP contribution in [0.4, 0.5) is 0 Å². The van der Waals surface area contributed by atoms with Crippen LogP contribution in [0.15, 0.2) is 12.7 Å². The molecule has 0 radical (unpaired) electrons. The molecule has 6 nitrogen and oxygen atoms in total. The molecule has 1 heterocycles. The summed E-state index contributed by atoms with van der Waals surface area (Å²) in [7, 11) is 0. The summed E-state index contributed by atoms with van der Waals surface area (Å²) in [5, 5.41) is 29.4. The van der Waals surface area contributed by atoms with Gasteiger partial charge in [-0.25, -0.2) is 0 Å². The number of rotatable bonds is 14. The van der Waals surface area contributed by atoms with Gasteiger partial charge in [-0.2, -0.15) is 0 Å². The maximum Gasteiger partial charge on any atom is 0.186 e. The van der Waals surface area contributed by atoms with Crippen molar-refractivity contribution in [2.24, 2.45) is 0 Å². The van der Waals surface area contributed by atoms with Crippen molar-refractivity contribution in [3.05, 3.63) is 12.7 Å². The van der Waals surface area contributed by atoms with Crippen molar-refractivity contribution in [1.29, 1.82) is 0 Å². The van der Waals surface area contributed by atoms with Gasteiger partial charge in [0.1, 0.15) is 24.4 Å². The lowest BCUT2D eigenvalue weighted by Crippen LogP contribution is -2.60. The van der Waals surface area contributed by atoms with E-state index in [1.54, 1.807) is 6.08 Å². The van der Waals surface area contributed by atoms with Crippen molar-refractivity contribution in [2.45, 2.75) is 89.0 Å². The fourth-order valence-corrected chi connectivity index (χ4v) is 2.98. The number of aliphatic hydroxyl groups is 3. The molecule has 1 fully saturated rings. The number of hydrogen-bond donors (Lipinski definition) is 3. The summed E-state index contributed by atoms with van der Waals surface area (Å²) >= 11 is 0. The molecule has 0 spiro atoms. The quantitative estimate of drug-likeness (QED) is 0.325. The Kier molecular flexibility index (Phi) is 12.3. The second-order valence-electron chi connectivity index (χ2n) is 6.64.